The van der Waals surface area contributed by atoms with Crippen LogP contribution in [-0.2, 0) is 4.74 Å². The fourth-order valence-electron chi connectivity index (χ4n) is 1.12. The molecule has 4 heteroatoms. The molecule has 2 rings (SSSR count). The highest BCUT2D eigenvalue weighted by molar-refractivity contribution is 5.93. The molecule has 1 aromatic carbocycles. The molecular weight excluding hydrogens is 172 g/mol. The van der Waals surface area contributed by atoms with Crippen LogP contribution in [0.3, 0.4) is 0 Å². The monoisotopic (exact) mass is 179 g/mol. The molecule has 0 amide bonds. The van der Waals surface area contributed by atoms with Crippen LogP contribution < -0.4 is 9.47 Å². The Morgan fingerprint density at radius 1 is 1.38 bits per heavy atom. The minimum Gasteiger partial charge on any atom is -0.465 e. The largest absolute Gasteiger partial charge is 0.465 e. The van der Waals surface area contributed by atoms with Crippen molar-refractivity contribution in [3.05, 3.63) is 30.6 Å². The smallest absolute Gasteiger partial charge is 0.341 e. The molecule has 1 aromatic rings. The molecule has 0 bridgehead atoms. The van der Waals surface area contributed by atoms with E-state index >= 15 is 0 Å². The summed E-state index contributed by atoms with van der Waals surface area (Å²) in [6.45, 7) is 1.18. The van der Waals surface area contributed by atoms with Gasteiger partial charge in [0.05, 0.1) is 7.11 Å². The molecule has 1 aliphatic rings. The maximum Gasteiger partial charge on any atom is 0.341 e. The van der Waals surface area contributed by atoms with E-state index in [1.807, 2.05) is 0 Å². The zero-order chi connectivity index (χ0) is 9.26. The van der Waals surface area contributed by atoms with E-state index in [0.717, 1.165) is 0 Å². The van der Waals surface area contributed by atoms with E-state index in [2.05, 4.69) is 4.74 Å². The van der Waals surface area contributed by atoms with Gasteiger partial charge in [-0.2, -0.15) is 0 Å². The van der Waals surface area contributed by atoms with Gasteiger partial charge in [-0.1, -0.05) is 6.07 Å². The third-order valence-electron chi connectivity index (χ3n) is 1.73. The van der Waals surface area contributed by atoms with E-state index in [1.54, 1.807) is 18.2 Å². The number of hydrogen-bond acceptors (Lipinski definition) is 4. The number of carbonyl (C=O) groups is 1. The highest BCUT2D eigenvalue weighted by Crippen LogP contribution is 2.36. The zero-order valence-electron chi connectivity index (χ0n) is 6.94. The Labute approximate surface area is 75.0 Å². The summed E-state index contributed by atoms with van der Waals surface area (Å²) in [4.78, 5) is 11.2. The van der Waals surface area contributed by atoms with Crippen molar-refractivity contribution in [2.45, 2.75) is 0 Å². The molecule has 0 saturated carbocycles. The molecule has 4 nitrogen and oxygen atoms in total. The van der Waals surface area contributed by atoms with Crippen LogP contribution in [-0.4, -0.2) is 13.1 Å². The quantitative estimate of drug-likeness (QED) is 0.610. The number of esters is 1. The molecule has 0 fully saturated rings. The molecular formula is C9H7O4. The Hall–Kier alpha value is -1.71. The van der Waals surface area contributed by atoms with Crippen molar-refractivity contribution in [2.75, 3.05) is 7.11 Å². The topological polar surface area (TPSA) is 44.8 Å². The highest BCUT2D eigenvalue weighted by atomic mass is 16.7. The molecule has 67 valence electrons. The summed E-state index contributed by atoms with van der Waals surface area (Å²) in [7, 11) is 1.32. The van der Waals surface area contributed by atoms with Crippen LogP contribution >= 0.6 is 0 Å². The fraction of sp³-hybridized carbons (Fsp3) is 0.111. The standard InChI is InChI=1S/C9H7O4/c1-11-9(10)6-3-2-4-7-8(6)13-5-12-7/h2-5H,1H3. The summed E-state index contributed by atoms with van der Waals surface area (Å²) in [5.41, 5.74) is 0.369. The number of ether oxygens (including phenoxy) is 3. The molecule has 0 N–H and O–H groups in total. The predicted octanol–water partition coefficient (Wildman–Crippen LogP) is 1.36. The van der Waals surface area contributed by atoms with Crippen LogP contribution in [0.1, 0.15) is 10.4 Å². The first-order valence-corrected chi connectivity index (χ1v) is 3.69. The van der Waals surface area contributed by atoms with Gasteiger partial charge in [0.25, 0.3) is 0 Å². The number of benzene rings is 1. The third-order valence-corrected chi connectivity index (χ3v) is 1.73. The average molecular weight is 179 g/mol. The van der Waals surface area contributed by atoms with Gasteiger partial charge < -0.3 is 14.2 Å². The lowest BCUT2D eigenvalue weighted by molar-refractivity contribution is 0.0597. The molecule has 0 aromatic heterocycles. The van der Waals surface area contributed by atoms with Crippen molar-refractivity contribution in [3.63, 3.8) is 0 Å². The normalized spacial score (nSPS) is 12.7. The Balaban J connectivity index is 2.47. The molecule has 0 aliphatic carbocycles. The van der Waals surface area contributed by atoms with Crippen LogP contribution in [0.2, 0.25) is 0 Å². The lowest BCUT2D eigenvalue weighted by Crippen LogP contribution is -2.02. The summed E-state index contributed by atoms with van der Waals surface area (Å²) in [5.74, 6) is 0.507. The van der Waals surface area contributed by atoms with Crippen LogP contribution in [0.4, 0.5) is 0 Å². The first-order valence-electron chi connectivity index (χ1n) is 3.69. The predicted molar refractivity (Wildman–Crippen MR) is 43.3 cm³/mol. The van der Waals surface area contributed by atoms with Gasteiger partial charge in [0.1, 0.15) is 5.56 Å². The summed E-state index contributed by atoms with van der Waals surface area (Å²) in [5, 5.41) is 0. The minimum atomic E-state index is -0.434. The summed E-state index contributed by atoms with van der Waals surface area (Å²) >= 11 is 0. The van der Waals surface area contributed by atoms with E-state index in [-0.39, 0.29) is 0 Å². The molecule has 1 aliphatic heterocycles. The number of para-hydroxylation sites is 1. The van der Waals surface area contributed by atoms with Crippen molar-refractivity contribution in [2.24, 2.45) is 0 Å². The number of hydrogen-bond donors (Lipinski definition) is 0. The van der Waals surface area contributed by atoms with E-state index in [4.69, 9.17) is 9.47 Å². The lowest BCUT2D eigenvalue weighted by atomic mass is 10.2. The number of rotatable bonds is 1. The molecule has 13 heavy (non-hydrogen) atoms. The Kier molecular flexibility index (Phi) is 1.81. The maximum atomic E-state index is 11.2. The number of methoxy groups -OCH3 is 1. The van der Waals surface area contributed by atoms with Crippen molar-refractivity contribution in [1.82, 2.24) is 0 Å². The van der Waals surface area contributed by atoms with Crippen molar-refractivity contribution in [3.8, 4) is 11.5 Å². The van der Waals surface area contributed by atoms with Gasteiger partial charge in [-0.3, -0.25) is 0 Å². The molecule has 0 saturated heterocycles. The van der Waals surface area contributed by atoms with Crippen LogP contribution in [0.15, 0.2) is 18.2 Å². The summed E-state index contributed by atoms with van der Waals surface area (Å²) in [6, 6.07) is 5.03. The van der Waals surface area contributed by atoms with Gasteiger partial charge in [0.2, 0.25) is 0 Å². The minimum absolute atomic E-state index is 0.369. The van der Waals surface area contributed by atoms with Gasteiger partial charge in [-0.15, -0.1) is 0 Å². The lowest BCUT2D eigenvalue weighted by Gasteiger charge is -2.02. The second-order valence-corrected chi connectivity index (χ2v) is 2.46. The molecule has 1 radical (unpaired) electrons. The molecule has 0 atom stereocenters. The van der Waals surface area contributed by atoms with E-state index in [9.17, 15) is 4.79 Å². The van der Waals surface area contributed by atoms with E-state index < -0.39 is 5.97 Å². The Morgan fingerprint density at radius 2 is 2.23 bits per heavy atom. The second-order valence-electron chi connectivity index (χ2n) is 2.46. The van der Waals surface area contributed by atoms with Gasteiger partial charge >= 0.3 is 12.8 Å². The first-order chi connectivity index (χ1) is 6.33. The van der Waals surface area contributed by atoms with Gasteiger partial charge in [0, 0.05) is 0 Å². The van der Waals surface area contributed by atoms with Gasteiger partial charge in [0.15, 0.2) is 11.5 Å². The zero-order valence-corrected chi connectivity index (χ0v) is 6.94. The maximum absolute atomic E-state index is 11.2. The number of carbonyl (C=O) groups excluding carboxylic acids is 1. The van der Waals surface area contributed by atoms with Crippen molar-refractivity contribution >= 4 is 5.97 Å². The highest BCUT2D eigenvalue weighted by Gasteiger charge is 2.22. The second kappa shape index (κ2) is 2.97. The van der Waals surface area contributed by atoms with Gasteiger partial charge in [-0.25, -0.2) is 4.79 Å². The number of fused-ring (bicyclic) bond motifs is 1. The van der Waals surface area contributed by atoms with Crippen molar-refractivity contribution in [1.29, 1.82) is 0 Å². The summed E-state index contributed by atoms with van der Waals surface area (Å²) < 4.78 is 14.6. The Bertz CT molecular complexity index is 345. The molecule has 1 heterocycles. The van der Waals surface area contributed by atoms with E-state index in [0.29, 0.717) is 17.1 Å². The van der Waals surface area contributed by atoms with Crippen LogP contribution in [0, 0.1) is 6.79 Å². The SMILES string of the molecule is COC(=O)c1cccc2c1O[CH]O2. The van der Waals surface area contributed by atoms with E-state index in [1.165, 1.54) is 13.9 Å². The molecule has 0 spiro atoms. The third kappa shape index (κ3) is 1.20. The van der Waals surface area contributed by atoms with Crippen LogP contribution in [0.25, 0.3) is 0 Å². The van der Waals surface area contributed by atoms with Gasteiger partial charge in [-0.05, 0) is 12.1 Å². The first kappa shape index (κ1) is 7.91. The van der Waals surface area contributed by atoms with Crippen molar-refractivity contribution < 1.29 is 19.0 Å². The molecule has 0 unspecified atom stereocenters. The fourth-order valence-corrected chi connectivity index (χ4v) is 1.12. The summed E-state index contributed by atoms with van der Waals surface area (Å²) in [6.07, 6.45) is 0. The Morgan fingerprint density at radius 3 is 3.00 bits per heavy atom. The van der Waals surface area contributed by atoms with Crippen LogP contribution in [0.5, 0.6) is 11.5 Å². The average Bonchev–Trinajstić information content (AvgIpc) is 2.63.